The quantitative estimate of drug-likeness (QED) is 0.752. The highest BCUT2D eigenvalue weighted by molar-refractivity contribution is 6.30. The van der Waals surface area contributed by atoms with Gasteiger partial charge >= 0.3 is 5.97 Å². The van der Waals surface area contributed by atoms with E-state index in [9.17, 15) is 9.59 Å². The highest BCUT2D eigenvalue weighted by atomic mass is 35.5. The molecule has 8 heteroatoms. The largest absolute Gasteiger partial charge is 0.479 e. The van der Waals surface area contributed by atoms with Crippen LogP contribution >= 0.6 is 11.6 Å². The van der Waals surface area contributed by atoms with Crippen LogP contribution in [0.5, 0.6) is 5.75 Å². The van der Waals surface area contributed by atoms with Gasteiger partial charge < -0.3 is 19.6 Å². The second-order valence-electron chi connectivity index (χ2n) is 8.67. The van der Waals surface area contributed by atoms with Crippen molar-refractivity contribution in [1.29, 1.82) is 0 Å². The summed E-state index contributed by atoms with van der Waals surface area (Å²) in [5.41, 5.74) is 2.61. The number of aliphatic carboxylic acids is 1. The molecule has 0 aliphatic carbocycles. The van der Waals surface area contributed by atoms with Crippen LogP contribution in [0.3, 0.4) is 0 Å². The molecular weight excluding hydrogens is 418 g/mol. The lowest BCUT2D eigenvalue weighted by Gasteiger charge is -2.38. The summed E-state index contributed by atoms with van der Waals surface area (Å²) in [6.07, 6.45) is 0.397. The van der Waals surface area contributed by atoms with Crippen molar-refractivity contribution in [2.45, 2.75) is 39.2 Å². The summed E-state index contributed by atoms with van der Waals surface area (Å²) in [6, 6.07) is 9.11. The van der Waals surface area contributed by atoms with Crippen molar-refractivity contribution >= 4 is 29.2 Å². The number of piperazine rings is 1. The van der Waals surface area contributed by atoms with E-state index in [0.717, 1.165) is 10.7 Å². The Kier molecular flexibility index (Phi) is 6.74. The molecule has 7 nitrogen and oxygen atoms in total. The van der Waals surface area contributed by atoms with E-state index < -0.39 is 12.1 Å². The molecule has 1 aliphatic heterocycles. The average Bonchev–Trinajstić information content (AvgIpc) is 2.73. The molecule has 0 bridgehead atoms. The van der Waals surface area contributed by atoms with Gasteiger partial charge in [0.2, 0.25) is 0 Å². The van der Waals surface area contributed by atoms with E-state index in [1.54, 1.807) is 17.0 Å². The van der Waals surface area contributed by atoms with Crippen LogP contribution in [0.4, 0.5) is 5.69 Å². The number of benzene rings is 1. The predicted molar refractivity (Wildman–Crippen MR) is 120 cm³/mol. The third-order valence-electron chi connectivity index (χ3n) is 5.29. The molecule has 2 heterocycles. The Bertz CT molecular complexity index is 948. The van der Waals surface area contributed by atoms with Crippen LogP contribution in [0.25, 0.3) is 0 Å². The number of amides is 1. The molecule has 1 aromatic heterocycles. The number of carboxylic acids is 1. The predicted octanol–water partition coefficient (Wildman–Crippen LogP) is 3.85. The summed E-state index contributed by atoms with van der Waals surface area (Å²) in [6.45, 7) is 10.5. The van der Waals surface area contributed by atoms with Crippen LogP contribution in [0, 0.1) is 0 Å². The Labute approximate surface area is 187 Å². The highest BCUT2D eigenvalue weighted by Crippen LogP contribution is 2.34. The topological polar surface area (TPSA) is 83.0 Å². The molecule has 3 rings (SSSR count). The zero-order chi connectivity index (χ0) is 22.8. The minimum atomic E-state index is -1.06. The zero-order valence-electron chi connectivity index (χ0n) is 18.3. The fraction of sp³-hybridized carbons (Fsp3) is 0.435. The van der Waals surface area contributed by atoms with Crippen molar-refractivity contribution in [1.82, 2.24) is 9.88 Å². The lowest BCUT2D eigenvalue weighted by Crippen LogP contribution is -2.49. The molecule has 1 unspecified atom stereocenters. The number of hydrogen-bond acceptors (Lipinski definition) is 5. The van der Waals surface area contributed by atoms with Gasteiger partial charge in [-0.1, -0.05) is 32.4 Å². The maximum atomic E-state index is 12.8. The molecule has 166 valence electrons. The summed E-state index contributed by atoms with van der Waals surface area (Å²) in [5.74, 6) is -0.897. The molecule has 1 saturated heterocycles. The minimum Gasteiger partial charge on any atom is -0.479 e. The van der Waals surface area contributed by atoms with Gasteiger partial charge in [0, 0.05) is 36.9 Å². The molecule has 1 aromatic carbocycles. The van der Waals surface area contributed by atoms with Gasteiger partial charge in [-0.15, -0.1) is 0 Å². The number of carboxylic acid groups (broad SMARTS) is 1. The fourth-order valence-electron chi connectivity index (χ4n) is 3.53. The number of carbonyl (C=O) groups is 2. The Morgan fingerprint density at radius 3 is 2.35 bits per heavy atom. The fourth-order valence-corrected chi connectivity index (χ4v) is 3.70. The number of halogens is 1. The van der Waals surface area contributed by atoms with Crippen LogP contribution < -0.4 is 9.64 Å². The van der Waals surface area contributed by atoms with Gasteiger partial charge in [-0.3, -0.25) is 4.79 Å². The van der Waals surface area contributed by atoms with Gasteiger partial charge in [-0.2, -0.15) is 0 Å². The van der Waals surface area contributed by atoms with E-state index >= 15 is 0 Å². The molecular formula is C23H28ClN3O4. The smallest absolute Gasteiger partial charge is 0.344 e. The number of anilines is 1. The normalized spacial score (nSPS) is 15.5. The number of pyridine rings is 1. The number of aromatic nitrogens is 1. The van der Waals surface area contributed by atoms with E-state index in [1.807, 2.05) is 12.1 Å². The molecule has 1 atom stereocenters. The van der Waals surface area contributed by atoms with Crippen molar-refractivity contribution in [3.05, 3.63) is 52.8 Å². The number of rotatable bonds is 5. The van der Waals surface area contributed by atoms with Crippen LogP contribution in [-0.2, 0) is 10.2 Å². The van der Waals surface area contributed by atoms with E-state index in [4.69, 9.17) is 21.4 Å². The van der Waals surface area contributed by atoms with Crippen LogP contribution in [0.1, 0.15) is 43.7 Å². The first kappa shape index (κ1) is 22.9. The minimum absolute atomic E-state index is 0.0426. The summed E-state index contributed by atoms with van der Waals surface area (Å²) >= 11 is 6.23. The van der Waals surface area contributed by atoms with Gasteiger partial charge in [0.05, 0.1) is 6.20 Å². The molecule has 1 aliphatic rings. The van der Waals surface area contributed by atoms with Crippen LogP contribution in [-0.4, -0.2) is 59.1 Å². The molecule has 1 amide bonds. The van der Waals surface area contributed by atoms with Crippen molar-refractivity contribution in [3.8, 4) is 5.75 Å². The summed E-state index contributed by atoms with van der Waals surface area (Å²) in [7, 11) is 0. The molecule has 0 radical (unpaired) electrons. The second-order valence-corrected chi connectivity index (χ2v) is 9.10. The van der Waals surface area contributed by atoms with Gasteiger partial charge in [-0.05, 0) is 48.2 Å². The van der Waals surface area contributed by atoms with Gasteiger partial charge in [-0.25, -0.2) is 9.78 Å². The molecule has 0 saturated carbocycles. The number of carbonyl (C=O) groups excluding carboxylic acids is 1. The van der Waals surface area contributed by atoms with E-state index in [0.29, 0.717) is 37.6 Å². The molecule has 1 fully saturated rings. The third-order valence-corrected chi connectivity index (χ3v) is 5.53. The Morgan fingerprint density at radius 1 is 1.13 bits per heavy atom. The van der Waals surface area contributed by atoms with Gasteiger partial charge in [0.15, 0.2) is 6.10 Å². The van der Waals surface area contributed by atoms with Gasteiger partial charge in [0.1, 0.15) is 11.4 Å². The number of hydrogen-bond donors (Lipinski definition) is 1. The maximum absolute atomic E-state index is 12.8. The first-order valence-electron chi connectivity index (χ1n) is 10.3. The van der Waals surface area contributed by atoms with Crippen molar-refractivity contribution < 1.29 is 19.4 Å². The second kappa shape index (κ2) is 9.14. The molecule has 31 heavy (non-hydrogen) atoms. The lowest BCUT2D eigenvalue weighted by atomic mass is 9.85. The van der Waals surface area contributed by atoms with Crippen LogP contribution in [0.2, 0.25) is 5.02 Å². The van der Waals surface area contributed by atoms with E-state index in [1.165, 1.54) is 18.7 Å². The zero-order valence-corrected chi connectivity index (χ0v) is 19.0. The van der Waals surface area contributed by atoms with Crippen molar-refractivity contribution in [2.75, 3.05) is 31.1 Å². The average molecular weight is 446 g/mol. The van der Waals surface area contributed by atoms with Crippen molar-refractivity contribution in [2.24, 2.45) is 0 Å². The first-order chi connectivity index (χ1) is 14.6. The van der Waals surface area contributed by atoms with Crippen molar-refractivity contribution in [3.63, 3.8) is 0 Å². The highest BCUT2D eigenvalue weighted by Gasteiger charge is 2.27. The molecule has 2 aromatic rings. The Hall–Kier alpha value is -2.80. The van der Waals surface area contributed by atoms with Crippen LogP contribution in [0.15, 0.2) is 36.5 Å². The van der Waals surface area contributed by atoms with E-state index in [2.05, 4.69) is 36.7 Å². The van der Waals surface area contributed by atoms with E-state index in [-0.39, 0.29) is 11.3 Å². The Morgan fingerprint density at radius 2 is 1.81 bits per heavy atom. The third kappa shape index (κ3) is 5.47. The number of nitrogens with zero attached hydrogens (tertiary/aromatic N) is 3. The Balaban J connectivity index is 1.65. The summed E-state index contributed by atoms with van der Waals surface area (Å²) < 4.78 is 5.26. The summed E-state index contributed by atoms with van der Waals surface area (Å²) in [4.78, 5) is 32.0. The maximum Gasteiger partial charge on any atom is 0.344 e. The lowest BCUT2D eigenvalue weighted by molar-refractivity contribution is -0.144. The monoisotopic (exact) mass is 445 g/mol. The SMILES string of the molecule is CC(Oc1ccc(C(=O)N2CCN(c3ccc(Cl)cc3C(C)(C)C)CC2)nc1)C(=O)O. The molecule has 0 spiro atoms. The number of ether oxygens (including phenoxy) is 1. The van der Waals surface area contributed by atoms with Gasteiger partial charge in [0.25, 0.3) is 5.91 Å². The standard InChI is InChI=1S/C23H28ClN3O4/c1-15(22(29)30)31-17-6-7-19(25-14-17)21(28)27-11-9-26(10-12-27)20-8-5-16(24)13-18(20)23(2,3)4/h5-8,13-15H,9-12H2,1-4H3,(H,29,30). The summed E-state index contributed by atoms with van der Waals surface area (Å²) in [5, 5.41) is 9.64. The first-order valence-corrected chi connectivity index (χ1v) is 10.6. The molecule has 1 N–H and O–H groups in total.